The molecule has 2 rings (SSSR count). The van der Waals surface area contributed by atoms with Crippen LogP contribution >= 0.6 is 11.8 Å². The van der Waals surface area contributed by atoms with E-state index < -0.39 is 5.54 Å². The summed E-state index contributed by atoms with van der Waals surface area (Å²) in [6, 6.07) is 0.473. The number of carbonyl (C=O) groups excluding carboxylic acids is 1. The summed E-state index contributed by atoms with van der Waals surface area (Å²) >= 11 is 1.60. The molecule has 1 atom stereocenters. The Bertz CT molecular complexity index is 377. The molecule has 94 valence electrons. The molecule has 1 aliphatic carbocycles. The van der Waals surface area contributed by atoms with Crippen molar-refractivity contribution in [1.82, 2.24) is 15.3 Å². The SMILES string of the molecule is CC(CCSc1ncc[nH]1)(NC1CC1)C(N)=O. The Balaban J connectivity index is 1.82. The quantitative estimate of drug-likeness (QED) is 0.631. The molecule has 0 saturated heterocycles. The number of hydrogen-bond acceptors (Lipinski definition) is 4. The van der Waals surface area contributed by atoms with Crippen LogP contribution in [0.1, 0.15) is 26.2 Å². The van der Waals surface area contributed by atoms with E-state index in [2.05, 4.69) is 15.3 Å². The Morgan fingerprint density at radius 1 is 1.76 bits per heavy atom. The number of nitrogens with one attached hydrogen (secondary N) is 2. The fourth-order valence-electron chi connectivity index (χ4n) is 1.63. The number of nitrogens with two attached hydrogens (primary N) is 1. The number of aromatic amines is 1. The molecule has 6 heteroatoms. The highest BCUT2D eigenvalue weighted by atomic mass is 32.2. The van der Waals surface area contributed by atoms with Gasteiger partial charge in [0.25, 0.3) is 0 Å². The van der Waals surface area contributed by atoms with Gasteiger partial charge in [-0.05, 0) is 26.2 Å². The number of primary amides is 1. The van der Waals surface area contributed by atoms with Crippen molar-refractivity contribution < 1.29 is 4.79 Å². The second-order valence-corrected chi connectivity index (χ2v) is 5.69. The molecular weight excluding hydrogens is 236 g/mol. The maximum absolute atomic E-state index is 11.5. The van der Waals surface area contributed by atoms with Crippen molar-refractivity contribution in [3.63, 3.8) is 0 Å². The predicted octanol–water partition coefficient (Wildman–Crippen LogP) is 0.888. The van der Waals surface area contributed by atoms with Gasteiger partial charge in [0.2, 0.25) is 5.91 Å². The zero-order chi connectivity index (χ0) is 12.3. The van der Waals surface area contributed by atoms with Crippen LogP contribution in [0.5, 0.6) is 0 Å². The number of rotatable bonds is 7. The van der Waals surface area contributed by atoms with Crippen molar-refractivity contribution in [3.8, 4) is 0 Å². The maximum atomic E-state index is 11.5. The van der Waals surface area contributed by atoms with Gasteiger partial charge in [-0.3, -0.25) is 4.79 Å². The van der Waals surface area contributed by atoms with Gasteiger partial charge in [-0.15, -0.1) is 0 Å². The van der Waals surface area contributed by atoms with Crippen LogP contribution in [-0.4, -0.2) is 33.2 Å². The summed E-state index contributed by atoms with van der Waals surface area (Å²) < 4.78 is 0. The van der Waals surface area contributed by atoms with Crippen LogP contribution in [0.4, 0.5) is 0 Å². The number of imidazole rings is 1. The summed E-state index contributed by atoms with van der Waals surface area (Å²) in [4.78, 5) is 18.6. The number of thioether (sulfide) groups is 1. The van der Waals surface area contributed by atoms with Crippen molar-refractivity contribution in [1.29, 1.82) is 0 Å². The van der Waals surface area contributed by atoms with Crippen molar-refractivity contribution >= 4 is 17.7 Å². The number of aromatic nitrogens is 2. The van der Waals surface area contributed by atoms with E-state index in [-0.39, 0.29) is 5.91 Å². The first-order valence-corrected chi connectivity index (χ1v) is 6.78. The van der Waals surface area contributed by atoms with Gasteiger partial charge in [0, 0.05) is 24.2 Å². The minimum atomic E-state index is -0.596. The Labute approximate surface area is 105 Å². The molecule has 0 aromatic carbocycles. The van der Waals surface area contributed by atoms with E-state index in [1.165, 1.54) is 0 Å². The van der Waals surface area contributed by atoms with Gasteiger partial charge in [-0.1, -0.05) is 11.8 Å². The molecule has 4 N–H and O–H groups in total. The van der Waals surface area contributed by atoms with Crippen LogP contribution in [0.15, 0.2) is 17.6 Å². The van der Waals surface area contributed by atoms with Crippen LogP contribution in [-0.2, 0) is 4.79 Å². The number of H-pyrrole nitrogens is 1. The number of nitrogens with zero attached hydrogens (tertiary/aromatic N) is 1. The molecule has 1 fully saturated rings. The third-order valence-corrected chi connectivity index (χ3v) is 3.86. The van der Waals surface area contributed by atoms with Crippen molar-refractivity contribution in [2.45, 2.75) is 42.9 Å². The first-order chi connectivity index (χ1) is 8.10. The molecule has 0 spiro atoms. The van der Waals surface area contributed by atoms with Crippen LogP contribution in [0, 0.1) is 0 Å². The van der Waals surface area contributed by atoms with E-state index in [1.807, 2.05) is 6.92 Å². The van der Waals surface area contributed by atoms with E-state index in [1.54, 1.807) is 24.2 Å². The highest BCUT2D eigenvalue weighted by Gasteiger charge is 2.36. The van der Waals surface area contributed by atoms with Crippen molar-refractivity contribution in [3.05, 3.63) is 12.4 Å². The van der Waals surface area contributed by atoms with Gasteiger partial charge in [-0.2, -0.15) is 0 Å². The Morgan fingerprint density at radius 3 is 3.06 bits per heavy atom. The third kappa shape index (κ3) is 3.47. The highest BCUT2D eigenvalue weighted by Crippen LogP contribution is 2.25. The lowest BCUT2D eigenvalue weighted by Crippen LogP contribution is -2.54. The normalized spacial score (nSPS) is 18.9. The van der Waals surface area contributed by atoms with Crippen LogP contribution in [0.25, 0.3) is 0 Å². The summed E-state index contributed by atoms with van der Waals surface area (Å²) in [5.41, 5.74) is 4.88. The van der Waals surface area contributed by atoms with Crippen LogP contribution < -0.4 is 11.1 Å². The molecule has 1 aromatic rings. The first-order valence-electron chi connectivity index (χ1n) is 5.80. The van der Waals surface area contributed by atoms with Gasteiger partial charge in [0.1, 0.15) is 0 Å². The van der Waals surface area contributed by atoms with Gasteiger partial charge in [-0.25, -0.2) is 4.98 Å². The van der Waals surface area contributed by atoms with E-state index in [0.717, 1.165) is 23.8 Å². The lowest BCUT2D eigenvalue weighted by Gasteiger charge is -2.27. The average molecular weight is 254 g/mol. The van der Waals surface area contributed by atoms with Crippen molar-refractivity contribution in [2.75, 3.05) is 5.75 Å². The number of hydrogen-bond donors (Lipinski definition) is 3. The lowest BCUT2D eigenvalue weighted by molar-refractivity contribution is -0.124. The molecule has 1 unspecified atom stereocenters. The largest absolute Gasteiger partial charge is 0.368 e. The van der Waals surface area contributed by atoms with Gasteiger partial charge in [0.05, 0.1) is 5.54 Å². The Hall–Kier alpha value is -1.01. The second kappa shape index (κ2) is 5.10. The summed E-state index contributed by atoms with van der Waals surface area (Å²) in [6.45, 7) is 1.89. The second-order valence-electron chi connectivity index (χ2n) is 4.61. The molecule has 1 heterocycles. The Kier molecular flexibility index (Phi) is 3.73. The molecule has 1 aliphatic rings. The fourth-order valence-corrected chi connectivity index (χ4v) is 2.62. The third-order valence-electron chi connectivity index (χ3n) is 2.96. The summed E-state index contributed by atoms with van der Waals surface area (Å²) in [5.74, 6) is 0.539. The molecule has 1 amide bonds. The zero-order valence-corrected chi connectivity index (χ0v) is 10.7. The molecule has 0 bridgehead atoms. The van der Waals surface area contributed by atoms with Gasteiger partial charge in [0.15, 0.2) is 5.16 Å². The maximum Gasteiger partial charge on any atom is 0.237 e. The van der Waals surface area contributed by atoms with Crippen LogP contribution in [0.3, 0.4) is 0 Å². The van der Waals surface area contributed by atoms with E-state index in [4.69, 9.17) is 5.73 Å². The molecule has 17 heavy (non-hydrogen) atoms. The van der Waals surface area contributed by atoms with E-state index in [9.17, 15) is 4.79 Å². The summed E-state index contributed by atoms with van der Waals surface area (Å²) in [7, 11) is 0. The standard InChI is InChI=1S/C11H18N4OS/c1-11(9(12)16,15-8-2-3-8)4-7-17-10-13-5-6-14-10/h5-6,8,15H,2-4,7H2,1H3,(H2,12,16)(H,13,14). The minimum Gasteiger partial charge on any atom is -0.368 e. The molecule has 1 aromatic heterocycles. The van der Waals surface area contributed by atoms with Gasteiger partial charge < -0.3 is 16.0 Å². The lowest BCUT2D eigenvalue weighted by atomic mass is 9.98. The van der Waals surface area contributed by atoms with Crippen molar-refractivity contribution in [2.24, 2.45) is 5.73 Å². The summed E-state index contributed by atoms with van der Waals surface area (Å²) in [5, 5.41) is 4.21. The number of amides is 1. The predicted molar refractivity (Wildman–Crippen MR) is 67.7 cm³/mol. The highest BCUT2D eigenvalue weighted by molar-refractivity contribution is 7.99. The zero-order valence-electron chi connectivity index (χ0n) is 9.90. The molecule has 0 radical (unpaired) electrons. The average Bonchev–Trinajstić information content (AvgIpc) is 2.93. The van der Waals surface area contributed by atoms with Crippen LogP contribution in [0.2, 0.25) is 0 Å². The number of carbonyl (C=O) groups is 1. The monoisotopic (exact) mass is 254 g/mol. The molecule has 1 saturated carbocycles. The van der Waals surface area contributed by atoms with Gasteiger partial charge >= 0.3 is 0 Å². The van der Waals surface area contributed by atoms with E-state index >= 15 is 0 Å². The fraction of sp³-hybridized carbons (Fsp3) is 0.636. The molecular formula is C11H18N4OS. The molecule has 0 aliphatic heterocycles. The smallest absolute Gasteiger partial charge is 0.237 e. The first kappa shape index (κ1) is 12.4. The molecule has 5 nitrogen and oxygen atoms in total. The Morgan fingerprint density at radius 2 is 2.53 bits per heavy atom. The minimum absolute atomic E-state index is 0.274. The summed E-state index contributed by atoms with van der Waals surface area (Å²) in [6.07, 6.45) is 6.52. The van der Waals surface area contributed by atoms with E-state index in [0.29, 0.717) is 12.5 Å². The topological polar surface area (TPSA) is 83.8 Å².